The van der Waals surface area contributed by atoms with Crippen molar-refractivity contribution >= 4 is 5.91 Å². The molecule has 162 valence electrons. The van der Waals surface area contributed by atoms with E-state index < -0.39 is 6.10 Å². The molecule has 1 aliphatic carbocycles. The molecule has 6 nitrogen and oxygen atoms in total. The number of hydrogen-bond donors (Lipinski definition) is 2. The number of aryl methyl sites for hydroxylation is 1. The number of ether oxygens (including phenoxy) is 1. The van der Waals surface area contributed by atoms with E-state index in [-0.39, 0.29) is 12.0 Å². The number of hydrogen-bond acceptors (Lipinski definition) is 5. The van der Waals surface area contributed by atoms with Crippen molar-refractivity contribution in [2.24, 2.45) is 0 Å². The van der Waals surface area contributed by atoms with Crippen LogP contribution in [0, 0.1) is 0 Å². The minimum atomic E-state index is -0.479. The molecule has 29 heavy (non-hydrogen) atoms. The van der Waals surface area contributed by atoms with Crippen molar-refractivity contribution < 1.29 is 14.6 Å². The minimum Gasteiger partial charge on any atom is -0.389 e. The summed E-state index contributed by atoms with van der Waals surface area (Å²) in [5.74, 6) is 0.119. The van der Waals surface area contributed by atoms with Gasteiger partial charge in [-0.2, -0.15) is 0 Å². The molecular weight excluding hydrogens is 366 g/mol. The standard InChI is InChI=1S/C23H37N3O3/c1-2-3-11-24-23(28)17-26-14-12-25(13-15-26)16-20(27)18-29-22-10-6-8-19-7-4-5-9-21(19)22/h4-5,7,9,20,22,27H,2-3,6,8,10-18H2,1H3,(H,24,28). The van der Waals surface area contributed by atoms with Crippen LogP contribution in [0.25, 0.3) is 0 Å². The second-order valence-corrected chi connectivity index (χ2v) is 8.35. The Morgan fingerprint density at radius 1 is 1.24 bits per heavy atom. The SMILES string of the molecule is CCCCNC(=O)CN1CCN(CC(O)COC2CCCc3ccccc32)CC1. The highest BCUT2D eigenvalue weighted by Crippen LogP contribution is 2.32. The second kappa shape index (κ2) is 11.6. The first-order chi connectivity index (χ1) is 14.2. The fourth-order valence-corrected chi connectivity index (χ4v) is 4.25. The van der Waals surface area contributed by atoms with Crippen LogP contribution in [0.15, 0.2) is 24.3 Å². The first kappa shape index (κ1) is 22.2. The van der Waals surface area contributed by atoms with Crippen molar-refractivity contribution in [3.05, 3.63) is 35.4 Å². The van der Waals surface area contributed by atoms with Crippen LogP contribution in [0.1, 0.15) is 49.8 Å². The van der Waals surface area contributed by atoms with Crippen LogP contribution in [-0.2, 0) is 16.0 Å². The van der Waals surface area contributed by atoms with Crippen molar-refractivity contribution in [1.29, 1.82) is 0 Å². The van der Waals surface area contributed by atoms with E-state index in [1.54, 1.807) is 0 Å². The quantitative estimate of drug-likeness (QED) is 0.585. The summed E-state index contributed by atoms with van der Waals surface area (Å²) in [7, 11) is 0. The molecule has 0 spiro atoms. The summed E-state index contributed by atoms with van der Waals surface area (Å²) in [6, 6.07) is 8.50. The maximum absolute atomic E-state index is 11.9. The summed E-state index contributed by atoms with van der Waals surface area (Å²) in [4.78, 5) is 16.4. The Hall–Kier alpha value is -1.47. The van der Waals surface area contributed by atoms with Crippen LogP contribution in [0.5, 0.6) is 0 Å². The number of fused-ring (bicyclic) bond motifs is 1. The fraction of sp³-hybridized carbons (Fsp3) is 0.696. The Balaban J connectivity index is 1.33. The number of carbonyl (C=O) groups excluding carboxylic acids is 1. The maximum Gasteiger partial charge on any atom is 0.234 e. The largest absolute Gasteiger partial charge is 0.389 e. The molecule has 0 aromatic heterocycles. The molecule has 3 rings (SSSR count). The van der Waals surface area contributed by atoms with Crippen LogP contribution >= 0.6 is 0 Å². The van der Waals surface area contributed by atoms with E-state index in [0.29, 0.717) is 19.7 Å². The summed E-state index contributed by atoms with van der Waals surface area (Å²) >= 11 is 0. The highest BCUT2D eigenvalue weighted by molar-refractivity contribution is 5.77. The second-order valence-electron chi connectivity index (χ2n) is 8.35. The van der Waals surface area contributed by atoms with Crippen LogP contribution in [0.4, 0.5) is 0 Å². The Labute approximate surface area is 175 Å². The van der Waals surface area contributed by atoms with Crippen LogP contribution in [-0.4, -0.2) is 79.3 Å². The van der Waals surface area contributed by atoms with E-state index in [0.717, 1.165) is 64.8 Å². The Morgan fingerprint density at radius 2 is 2.00 bits per heavy atom. The first-order valence-corrected chi connectivity index (χ1v) is 11.2. The number of benzene rings is 1. The van der Waals surface area contributed by atoms with Crippen molar-refractivity contribution in [3.8, 4) is 0 Å². The Morgan fingerprint density at radius 3 is 2.79 bits per heavy atom. The molecule has 1 aromatic carbocycles. The predicted octanol–water partition coefficient (Wildman–Crippen LogP) is 1.98. The lowest BCUT2D eigenvalue weighted by atomic mass is 9.89. The van der Waals surface area contributed by atoms with Gasteiger partial charge in [0, 0.05) is 39.3 Å². The molecule has 1 amide bonds. The molecule has 2 atom stereocenters. The monoisotopic (exact) mass is 403 g/mol. The van der Waals surface area contributed by atoms with Crippen molar-refractivity contribution in [2.45, 2.75) is 51.2 Å². The third kappa shape index (κ3) is 7.07. The number of nitrogens with one attached hydrogen (secondary N) is 1. The Bertz CT molecular complexity index is 632. The van der Waals surface area contributed by atoms with Crippen LogP contribution < -0.4 is 5.32 Å². The molecule has 2 N–H and O–H groups in total. The van der Waals surface area contributed by atoms with E-state index in [4.69, 9.17) is 4.74 Å². The summed E-state index contributed by atoms with van der Waals surface area (Å²) in [6.07, 6.45) is 5.06. The molecule has 1 aromatic rings. The lowest BCUT2D eigenvalue weighted by Gasteiger charge is -2.35. The normalized spacial score (nSPS) is 21.5. The van der Waals surface area contributed by atoms with Gasteiger partial charge in [0.2, 0.25) is 5.91 Å². The highest BCUT2D eigenvalue weighted by atomic mass is 16.5. The van der Waals surface area contributed by atoms with Crippen molar-refractivity contribution in [1.82, 2.24) is 15.1 Å². The predicted molar refractivity (Wildman–Crippen MR) is 115 cm³/mol. The number of amides is 1. The van der Waals surface area contributed by atoms with Gasteiger partial charge < -0.3 is 15.2 Å². The lowest BCUT2D eigenvalue weighted by molar-refractivity contribution is -0.122. The summed E-state index contributed by atoms with van der Waals surface area (Å²) in [6.45, 7) is 7.87. The molecule has 1 saturated heterocycles. The number of aliphatic hydroxyl groups excluding tert-OH is 1. The number of piperazine rings is 1. The zero-order chi connectivity index (χ0) is 20.5. The maximum atomic E-state index is 11.9. The van der Waals surface area contributed by atoms with E-state index in [1.165, 1.54) is 11.1 Å². The summed E-state index contributed by atoms with van der Waals surface area (Å²) in [5, 5.41) is 13.4. The van der Waals surface area contributed by atoms with Crippen LogP contribution in [0.3, 0.4) is 0 Å². The fourth-order valence-electron chi connectivity index (χ4n) is 4.25. The number of nitrogens with zero attached hydrogens (tertiary/aromatic N) is 2. The number of rotatable bonds is 10. The summed E-state index contributed by atoms with van der Waals surface area (Å²) < 4.78 is 6.09. The van der Waals surface area contributed by atoms with Crippen molar-refractivity contribution in [2.75, 3.05) is 52.4 Å². The number of β-amino-alcohol motifs (C(OH)–C–C–N with tert-alkyl or cyclic N) is 1. The highest BCUT2D eigenvalue weighted by Gasteiger charge is 2.23. The molecule has 2 unspecified atom stereocenters. The zero-order valence-electron chi connectivity index (χ0n) is 17.8. The molecular formula is C23H37N3O3. The zero-order valence-corrected chi connectivity index (χ0v) is 17.8. The van der Waals surface area contributed by atoms with Gasteiger partial charge in [0.25, 0.3) is 0 Å². The topological polar surface area (TPSA) is 65.0 Å². The van der Waals surface area contributed by atoms with Gasteiger partial charge in [0.05, 0.1) is 25.4 Å². The van der Waals surface area contributed by atoms with Gasteiger partial charge in [-0.05, 0) is 36.8 Å². The van der Waals surface area contributed by atoms with Crippen molar-refractivity contribution in [3.63, 3.8) is 0 Å². The Kier molecular flexibility index (Phi) is 8.92. The average molecular weight is 404 g/mol. The number of unbranched alkanes of at least 4 members (excludes halogenated alkanes) is 1. The smallest absolute Gasteiger partial charge is 0.234 e. The van der Waals surface area contributed by atoms with E-state index in [2.05, 4.69) is 46.3 Å². The molecule has 1 aliphatic heterocycles. The molecule has 0 saturated carbocycles. The van der Waals surface area contributed by atoms with Gasteiger partial charge in [-0.3, -0.25) is 14.6 Å². The minimum absolute atomic E-state index is 0.109. The van der Waals surface area contributed by atoms with Gasteiger partial charge in [-0.15, -0.1) is 0 Å². The number of aliphatic hydroxyl groups is 1. The molecule has 0 bridgehead atoms. The van der Waals surface area contributed by atoms with Gasteiger partial charge in [-0.25, -0.2) is 0 Å². The van der Waals surface area contributed by atoms with Gasteiger partial charge in [0.15, 0.2) is 0 Å². The molecule has 0 radical (unpaired) electrons. The van der Waals surface area contributed by atoms with Gasteiger partial charge in [0.1, 0.15) is 0 Å². The average Bonchev–Trinajstić information content (AvgIpc) is 2.74. The first-order valence-electron chi connectivity index (χ1n) is 11.2. The number of carbonyl (C=O) groups is 1. The van der Waals surface area contributed by atoms with Gasteiger partial charge in [-0.1, -0.05) is 37.6 Å². The lowest BCUT2D eigenvalue weighted by Crippen LogP contribution is -2.51. The third-order valence-corrected chi connectivity index (χ3v) is 5.96. The van der Waals surface area contributed by atoms with E-state index in [9.17, 15) is 9.90 Å². The van der Waals surface area contributed by atoms with Crippen LogP contribution in [0.2, 0.25) is 0 Å². The third-order valence-electron chi connectivity index (χ3n) is 5.96. The van der Waals surface area contributed by atoms with Gasteiger partial charge >= 0.3 is 0 Å². The summed E-state index contributed by atoms with van der Waals surface area (Å²) in [5.41, 5.74) is 2.67. The molecule has 1 heterocycles. The molecule has 2 aliphatic rings. The van der Waals surface area contributed by atoms with E-state index >= 15 is 0 Å². The molecule has 6 heteroatoms. The van der Waals surface area contributed by atoms with E-state index in [1.807, 2.05) is 0 Å². The molecule has 1 fully saturated rings.